The van der Waals surface area contributed by atoms with Crippen molar-refractivity contribution in [1.82, 2.24) is 0 Å². The van der Waals surface area contributed by atoms with Gasteiger partial charge in [-0.2, -0.15) is 0 Å². The van der Waals surface area contributed by atoms with Gasteiger partial charge in [-0.1, -0.05) is 23.2 Å². The van der Waals surface area contributed by atoms with Crippen LogP contribution in [0.4, 0.5) is 0 Å². The molecule has 1 nitrogen and oxygen atoms in total. The van der Waals surface area contributed by atoms with Crippen LogP contribution in [0.1, 0.15) is 31.0 Å². The Hall–Kier alpha value is 0.110. The number of nitrogens with two attached hydrogens (primary N) is 1. The minimum absolute atomic E-state index is 0.0152. The lowest BCUT2D eigenvalue weighted by Gasteiger charge is -2.38. The normalized spacial score (nSPS) is 23.7. The highest BCUT2D eigenvalue weighted by Gasteiger charge is 2.36. The molecule has 0 aliphatic carbocycles. The molecule has 0 saturated heterocycles. The van der Waals surface area contributed by atoms with Gasteiger partial charge in [0, 0.05) is 26.6 Å². The molecule has 0 spiro atoms. The van der Waals surface area contributed by atoms with Gasteiger partial charge in [0.25, 0.3) is 0 Å². The SMILES string of the molecule is CC1(C)SCc2c(Cl)ccc(Cl)c2C1N. The van der Waals surface area contributed by atoms with Crippen molar-refractivity contribution < 1.29 is 0 Å². The zero-order valence-electron chi connectivity index (χ0n) is 8.68. The number of fused-ring (bicyclic) bond motifs is 1. The summed E-state index contributed by atoms with van der Waals surface area (Å²) in [6, 6.07) is 3.61. The van der Waals surface area contributed by atoms with Crippen LogP contribution in [0.3, 0.4) is 0 Å². The summed E-state index contributed by atoms with van der Waals surface area (Å²) in [5.41, 5.74) is 8.35. The fraction of sp³-hybridized carbons (Fsp3) is 0.455. The van der Waals surface area contributed by atoms with Gasteiger partial charge in [-0.05, 0) is 37.1 Å². The Balaban J connectivity index is 2.60. The van der Waals surface area contributed by atoms with E-state index in [1.165, 1.54) is 0 Å². The molecule has 1 aliphatic heterocycles. The molecule has 1 heterocycles. The van der Waals surface area contributed by atoms with Crippen molar-refractivity contribution in [3.05, 3.63) is 33.3 Å². The molecular weight excluding hydrogens is 249 g/mol. The average molecular weight is 262 g/mol. The summed E-state index contributed by atoms with van der Waals surface area (Å²) >= 11 is 14.2. The maximum Gasteiger partial charge on any atom is 0.0458 e. The first-order valence-corrected chi connectivity index (χ1v) is 6.54. The second kappa shape index (κ2) is 3.85. The van der Waals surface area contributed by atoms with Gasteiger partial charge in [-0.25, -0.2) is 0 Å². The van der Waals surface area contributed by atoms with Crippen molar-refractivity contribution in [2.24, 2.45) is 5.73 Å². The van der Waals surface area contributed by atoms with E-state index in [1.807, 2.05) is 23.9 Å². The van der Waals surface area contributed by atoms with Crippen LogP contribution in [0.5, 0.6) is 0 Å². The van der Waals surface area contributed by atoms with E-state index in [9.17, 15) is 0 Å². The molecule has 0 radical (unpaired) electrons. The van der Waals surface area contributed by atoms with Crippen LogP contribution in [0.2, 0.25) is 10.0 Å². The van der Waals surface area contributed by atoms with Crippen molar-refractivity contribution in [2.45, 2.75) is 30.4 Å². The molecule has 0 aromatic heterocycles. The molecule has 1 atom stereocenters. The van der Waals surface area contributed by atoms with Gasteiger partial charge < -0.3 is 5.73 Å². The summed E-state index contributed by atoms with van der Waals surface area (Å²) < 4.78 is 0.0152. The van der Waals surface area contributed by atoms with E-state index in [-0.39, 0.29) is 10.8 Å². The van der Waals surface area contributed by atoms with Crippen LogP contribution in [-0.2, 0) is 5.75 Å². The third-order valence-electron chi connectivity index (χ3n) is 2.90. The molecule has 0 bridgehead atoms. The number of benzene rings is 1. The van der Waals surface area contributed by atoms with E-state index in [0.717, 1.165) is 26.9 Å². The van der Waals surface area contributed by atoms with Gasteiger partial charge in [0.15, 0.2) is 0 Å². The first-order valence-electron chi connectivity index (χ1n) is 4.80. The summed E-state index contributed by atoms with van der Waals surface area (Å²) in [6.45, 7) is 4.28. The lowest BCUT2D eigenvalue weighted by molar-refractivity contribution is 0.552. The molecule has 1 aromatic rings. The van der Waals surface area contributed by atoms with Gasteiger partial charge in [0.05, 0.1) is 0 Å². The van der Waals surface area contributed by atoms with Crippen molar-refractivity contribution in [2.75, 3.05) is 0 Å². The summed E-state index contributed by atoms with van der Waals surface area (Å²) in [6.07, 6.45) is 0. The summed E-state index contributed by atoms with van der Waals surface area (Å²) in [7, 11) is 0. The third kappa shape index (κ3) is 1.89. The number of halogens is 2. The zero-order chi connectivity index (χ0) is 11.2. The molecule has 0 amide bonds. The first kappa shape index (κ1) is 11.6. The van der Waals surface area contributed by atoms with Crippen molar-refractivity contribution in [1.29, 1.82) is 0 Å². The van der Waals surface area contributed by atoms with Crippen molar-refractivity contribution in [3.63, 3.8) is 0 Å². The van der Waals surface area contributed by atoms with Gasteiger partial charge in [-0.3, -0.25) is 0 Å². The van der Waals surface area contributed by atoms with Crippen LogP contribution < -0.4 is 5.73 Å². The maximum absolute atomic E-state index is 6.23. The van der Waals surface area contributed by atoms with E-state index < -0.39 is 0 Å². The van der Waals surface area contributed by atoms with Crippen LogP contribution in [0, 0.1) is 0 Å². The Morgan fingerprint density at radius 3 is 2.60 bits per heavy atom. The summed E-state index contributed by atoms with van der Waals surface area (Å²) in [5, 5.41) is 1.50. The van der Waals surface area contributed by atoms with E-state index in [0.29, 0.717) is 0 Å². The Bertz CT molecular complexity index is 404. The lowest BCUT2D eigenvalue weighted by Crippen LogP contribution is -2.36. The van der Waals surface area contributed by atoms with Crippen molar-refractivity contribution in [3.8, 4) is 0 Å². The van der Waals surface area contributed by atoms with Crippen LogP contribution in [-0.4, -0.2) is 4.75 Å². The second-order valence-corrected chi connectivity index (χ2v) is 6.74. The fourth-order valence-electron chi connectivity index (χ4n) is 1.79. The van der Waals surface area contributed by atoms with Crippen LogP contribution in [0.25, 0.3) is 0 Å². The lowest BCUT2D eigenvalue weighted by atomic mass is 9.92. The molecule has 2 rings (SSSR count). The molecule has 2 N–H and O–H groups in total. The Morgan fingerprint density at radius 2 is 1.93 bits per heavy atom. The highest BCUT2D eigenvalue weighted by Crippen LogP contribution is 2.48. The van der Waals surface area contributed by atoms with Crippen LogP contribution >= 0.6 is 35.0 Å². The second-order valence-electron chi connectivity index (χ2n) is 4.29. The van der Waals surface area contributed by atoms with E-state index >= 15 is 0 Å². The topological polar surface area (TPSA) is 26.0 Å². The highest BCUT2D eigenvalue weighted by molar-refractivity contribution is 8.00. The largest absolute Gasteiger partial charge is 0.323 e. The summed E-state index contributed by atoms with van der Waals surface area (Å²) in [4.78, 5) is 0. The van der Waals surface area contributed by atoms with Gasteiger partial charge in [0.2, 0.25) is 0 Å². The standard InChI is InChI=1S/C11H13Cl2NS/c1-11(2)10(14)9-6(5-15-11)7(12)3-4-8(9)13/h3-4,10H,5,14H2,1-2H3. The predicted molar refractivity (Wildman–Crippen MR) is 68.8 cm³/mol. The third-order valence-corrected chi connectivity index (χ3v) is 5.01. The van der Waals surface area contributed by atoms with Gasteiger partial charge >= 0.3 is 0 Å². The molecule has 1 aromatic carbocycles. The Morgan fingerprint density at radius 1 is 1.33 bits per heavy atom. The molecule has 4 heteroatoms. The molecular formula is C11H13Cl2NS. The van der Waals surface area contributed by atoms with E-state index in [2.05, 4.69) is 13.8 Å². The minimum Gasteiger partial charge on any atom is -0.323 e. The average Bonchev–Trinajstić information content (AvgIpc) is 2.16. The summed E-state index contributed by atoms with van der Waals surface area (Å²) in [5.74, 6) is 0.884. The quantitative estimate of drug-likeness (QED) is 0.764. The molecule has 15 heavy (non-hydrogen) atoms. The molecule has 0 saturated carbocycles. The smallest absolute Gasteiger partial charge is 0.0458 e. The van der Waals surface area contributed by atoms with Crippen LogP contribution in [0.15, 0.2) is 12.1 Å². The zero-order valence-corrected chi connectivity index (χ0v) is 11.0. The predicted octanol–water partition coefficient (Wildman–Crippen LogP) is 4.02. The van der Waals surface area contributed by atoms with Crippen molar-refractivity contribution >= 4 is 35.0 Å². The monoisotopic (exact) mass is 261 g/mol. The Labute approximate surface area is 104 Å². The number of hydrogen-bond donors (Lipinski definition) is 1. The van der Waals surface area contributed by atoms with E-state index in [1.54, 1.807) is 0 Å². The molecule has 0 fully saturated rings. The maximum atomic E-state index is 6.23. The first-order chi connectivity index (χ1) is 6.93. The highest BCUT2D eigenvalue weighted by atomic mass is 35.5. The molecule has 1 unspecified atom stereocenters. The molecule has 1 aliphatic rings. The number of thioether (sulfide) groups is 1. The van der Waals surface area contributed by atoms with Gasteiger partial charge in [-0.15, -0.1) is 11.8 Å². The number of hydrogen-bond acceptors (Lipinski definition) is 2. The fourth-order valence-corrected chi connectivity index (χ4v) is 3.52. The van der Waals surface area contributed by atoms with E-state index in [4.69, 9.17) is 28.9 Å². The number of rotatable bonds is 0. The molecule has 82 valence electrons. The Kier molecular flexibility index (Phi) is 2.97. The van der Waals surface area contributed by atoms with Gasteiger partial charge in [0.1, 0.15) is 0 Å². The minimum atomic E-state index is -0.0579.